The van der Waals surface area contributed by atoms with E-state index in [1.54, 1.807) is 0 Å². The molecule has 0 saturated heterocycles. The maximum atomic E-state index is 12.6. The molecular formula is C34H44N12O16S4. The molecule has 4 aromatic rings. The van der Waals surface area contributed by atoms with Crippen molar-refractivity contribution in [2.24, 2.45) is 0 Å². The van der Waals surface area contributed by atoms with Gasteiger partial charge in [0.2, 0.25) is 48.0 Å². The zero-order valence-electron chi connectivity index (χ0n) is 34.2. The summed E-state index contributed by atoms with van der Waals surface area (Å²) >= 11 is -0.124. The maximum Gasteiger partial charge on any atom is 0.295 e. The Morgan fingerprint density at radius 1 is 0.652 bits per heavy atom. The summed E-state index contributed by atoms with van der Waals surface area (Å²) in [6.45, 7) is -0.231. The molecule has 0 aliphatic rings. The largest absolute Gasteiger partial charge is 0.394 e. The van der Waals surface area contributed by atoms with E-state index in [1.807, 2.05) is 0 Å². The molecule has 0 spiro atoms. The van der Waals surface area contributed by atoms with Crippen molar-refractivity contribution >= 4 is 114 Å². The summed E-state index contributed by atoms with van der Waals surface area (Å²) in [5, 5.41) is 25.6. The number of anilines is 8. The third-order valence-electron chi connectivity index (χ3n) is 7.96. The lowest BCUT2D eigenvalue weighted by Gasteiger charge is -2.13. The molecule has 0 bridgehead atoms. The number of nitrogens with zero attached hydrogens (tertiary/aromatic N) is 6. The molecule has 0 amide bonds. The Kier molecular flexibility index (Phi) is 20.5. The van der Waals surface area contributed by atoms with Gasteiger partial charge in [0.05, 0.1) is 31.3 Å². The summed E-state index contributed by atoms with van der Waals surface area (Å²) in [5.41, 5.74) is 0.531. The molecule has 0 aliphatic heterocycles. The monoisotopic (exact) mass is 1000 g/mol. The predicted octanol–water partition coefficient (Wildman–Crippen LogP) is 1.76. The first-order chi connectivity index (χ1) is 31.3. The van der Waals surface area contributed by atoms with Crippen LogP contribution in [0.15, 0.2) is 41.3 Å². The highest BCUT2D eigenvalue weighted by molar-refractivity contribution is 7.88. The lowest BCUT2D eigenvalue weighted by atomic mass is 10.1. The van der Waals surface area contributed by atoms with Gasteiger partial charge in [0.25, 0.3) is 30.4 Å². The summed E-state index contributed by atoms with van der Waals surface area (Å²) in [6.07, 6.45) is 3.43. The fraction of sp³-hybridized carbons (Fsp3) is 0.353. The number of carbonyl (C=O) groups excluding carboxylic acids is 2. The minimum absolute atomic E-state index is 0.0112. The molecule has 2 heterocycles. The van der Waals surface area contributed by atoms with Crippen LogP contribution in [0.1, 0.15) is 30.4 Å². The quantitative estimate of drug-likeness (QED) is 0.00651. The Morgan fingerprint density at radius 3 is 1.67 bits per heavy atom. The van der Waals surface area contributed by atoms with Crippen molar-refractivity contribution in [1.29, 1.82) is 0 Å². The van der Waals surface area contributed by atoms with Gasteiger partial charge in [-0.05, 0) is 29.8 Å². The molecule has 11 N–H and O–H groups in total. The molecule has 2 aromatic carbocycles. The molecule has 0 aliphatic carbocycles. The number of hydrogen-bond donors (Lipinski definition) is 11. The van der Waals surface area contributed by atoms with E-state index in [4.69, 9.17) is 23.8 Å². The number of aldehydes is 1. The highest BCUT2D eigenvalue weighted by atomic mass is 32.2. The van der Waals surface area contributed by atoms with Crippen molar-refractivity contribution in [3.05, 3.63) is 47.5 Å². The van der Waals surface area contributed by atoms with E-state index < -0.39 is 46.8 Å². The Labute approximate surface area is 381 Å². The highest BCUT2D eigenvalue weighted by Gasteiger charge is 2.18. The number of rotatable bonds is 31. The van der Waals surface area contributed by atoms with E-state index in [1.165, 1.54) is 42.5 Å². The van der Waals surface area contributed by atoms with Crippen LogP contribution < -0.4 is 36.8 Å². The van der Waals surface area contributed by atoms with Crippen LogP contribution in [0.4, 0.5) is 47.1 Å². The van der Waals surface area contributed by atoms with E-state index in [0.717, 1.165) is 6.07 Å². The lowest BCUT2D eigenvalue weighted by molar-refractivity contribution is -0.120. The van der Waals surface area contributed by atoms with Gasteiger partial charge < -0.3 is 56.0 Å². The van der Waals surface area contributed by atoms with Crippen LogP contribution >= 0.6 is 12.3 Å². The van der Waals surface area contributed by atoms with Gasteiger partial charge in [0.15, 0.2) is 5.75 Å². The van der Waals surface area contributed by atoms with Crippen LogP contribution in [0.5, 0.6) is 5.75 Å². The van der Waals surface area contributed by atoms with Crippen molar-refractivity contribution in [3.63, 3.8) is 0 Å². The molecule has 0 radical (unpaired) electrons. The first-order valence-corrected chi connectivity index (χ1v) is 24.3. The second-order valence-electron chi connectivity index (χ2n) is 13.0. The third kappa shape index (κ3) is 19.7. The van der Waals surface area contributed by atoms with Crippen molar-refractivity contribution < 1.29 is 72.1 Å². The van der Waals surface area contributed by atoms with Crippen molar-refractivity contribution in [2.75, 3.05) is 89.4 Å². The molecule has 0 unspecified atom stereocenters. The van der Waals surface area contributed by atoms with Gasteiger partial charge in [-0.3, -0.25) is 18.5 Å². The molecule has 0 fully saturated rings. The van der Waals surface area contributed by atoms with Gasteiger partial charge in [-0.1, -0.05) is 22.6 Å². The fourth-order valence-corrected chi connectivity index (χ4v) is 6.64. The van der Waals surface area contributed by atoms with Gasteiger partial charge in [-0.15, -0.1) is 0 Å². The van der Waals surface area contributed by atoms with Gasteiger partial charge >= 0.3 is 0 Å². The van der Waals surface area contributed by atoms with E-state index in [-0.39, 0.29) is 147 Å². The minimum atomic E-state index is -4.91. The molecule has 4 rings (SSSR count). The van der Waals surface area contributed by atoms with Crippen LogP contribution in [0, 0.1) is 0 Å². The lowest BCUT2D eigenvalue weighted by Crippen LogP contribution is -2.18. The minimum Gasteiger partial charge on any atom is -0.394 e. The van der Waals surface area contributed by atoms with Gasteiger partial charge in [-0.2, -0.15) is 55.2 Å². The normalized spacial score (nSPS) is 11.8. The maximum absolute atomic E-state index is 12.6. The number of aromatic nitrogens is 6. The van der Waals surface area contributed by atoms with E-state index in [0.29, 0.717) is 6.29 Å². The average molecular weight is 1010 g/mol. The third-order valence-corrected chi connectivity index (χ3v) is 10.4. The summed E-state index contributed by atoms with van der Waals surface area (Å²) in [7, 11) is -13.6. The van der Waals surface area contributed by atoms with Crippen LogP contribution in [0.2, 0.25) is 0 Å². The number of hydrogen-bond acceptors (Lipinski definition) is 26. The topological polar surface area (TPSA) is 415 Å². The van der Waals surface area contributed by atoms with Crippen molar-refractivity contribution in [1.82, 2.24) is 29.9 Å². The number of aliphatic hydroxyl groups is 1. The molecule has 66 heavy (non-hydrogen) atoms. The molecule has 0 atom stereocenters. The number of benzene rings is 2. The van der Waals surface area contributed by atoms with Crippen LogP contribution in [-0.2, 0) is 49.0 Å². The summed E-state index contributed by atoms with van der Waals surface area (Å²) < 4.78 is 118. The smallest absolute Gasteiger partial charge is 0.295 e. The van der Waals surface area contributed by atoms with E-state index >= 15 is 0 Å². The Morgan fingerprint density at radius 2 is 1.15 bits per heavy atom. The molecule has 0 saturated carbocycles. The molecule has 2 aromatic heterocycles. The summed E-state index contributed by atoms with van der Waals surface area (Å²) in [4.78, 5) is 52.3. The number of aliphatic hydroxyl groups excluding tert-OH is 1. The van der Waals surface area contributed by atoms with Crippen LogP contribution in [-0.4, -0.2) is 148 Å². The number of ether oxygens (including phenoxy) is 1. The number of nitrogens with one attached hydrogen (secondary N) is 6. The zero-order chi connectivity index (χ0) is 48.2. The van der Waals surface area contributed by atoms with Gasteiger partial charge in [-0.25, -0.2) is 0 Å². The second-order valence-corrected chi connectivity index (χ2v) is 17.8. The van der Waals surface area contributed by atoms with Gasteiger partial charge in [0, 0.05) is 68.4 Å². The average Bonchev–Trinajstić information content (AvgIpc) is 3.23. The van der Waals surface area contributed by atoms with E-state index in [2.05, 4.69) is 66.1 Å². The van der Waals surface area contributed by atoms with Crippen molar-refractivity contribution in [3.8, 4) is 5.75 Å². The molecule has 360 valence electrons. The number of Topliss-reactive ketones (excluding diaryl/α,β-unsaturated/α-hetero) is 1. The fourth-order valence-electron chi connectivity index (χ4n) is 5.11. The second kappa shape index (κ2) is 25.7. The van der Waals surface area contributed by atoms with Crippen LogP contribution in [0.3, 0.4) is 0 Å². The zero-order valence-corrected chi connectivity index (χ0v) is 37.5. The molecular weight excluding hydrogens is 961 g/mol. The highest BCUT2D eigenvalue weighted by Crippen LogP contribution is 2.30. The van der Waals surface area contributed by atoms with Crippen molar-refractivity contribution in [2.45, 2.75) is 24.2 Å². The SMILES string of the molecule is O=CCCC(=O)CCNc1nc(NCCS(=O)(=O)O)nc(Nc2ccc(C=Cc3ccc(Nc4nc(NCCOCCO)nc(NCCS(=O)(=O)O)n4)cc3OOSO)c(S(=O)(=O)O)c2)n1. The Balaban J connectivity index is 1.59. The molecule has 28 nitrogen and oxygen atoms in total. The first-order valence-electron chi connectivity index (χ1n) is 19.0. The van der Waals surface area contributed by atoms with E-state index in [9.17, 15) is 43.9 Å². The summed E-state index contributed by atoms with van der Waals surface area (Å²) in [6, 6.07) is 8.18. The molecule has 32 heteroatoms. The first kappa shape index (κ1) is 52.7. The van der Waals surface area contributed by atoms with Crippen LogP contribution in [0.25, 0.3) is 12.2 Å². The number of carbonyl (C=O) groups is 2. The Hall–Kier alpha value is -5.94. The Bertz CT molecular complexity index is 2650. The standard InChI is InChI=1S/C34H44N12O16S4/c47-14-1-2-26(49)9-10-35-29-41-31(37-12-18-64(51,52)53)46-34(43-29)40-25-8-6-23(28(21-25)66(57,58)59)4-3-22-5-7-24(20-27(22)61-62-63-50)39-33-44-30(36-11-16-60-17-15-48)42-32(45-33)38-13-19-65(54,55)56/h3-8,14,20-21,48,50H,1-2,9-13,15-19H2,(H,51,52,53)(H,54,55,56)(H,57,58,59)(H3,35,37,40,41,43,46)(H3,36,38,39,42,44,45). The van der Waals surface area contributed by atoms with Gasteiger partial charge in [0.1, 0.15) is 17.0 Å². The summed E-state index contributed by atoms with van der Waals surface area (Å²) in [5.74, 6) is -2.19. The number of ketones is 1. The predicted molar refractivity (Wildman–Crippen MR) is 239 cm³/mol.